The maximum absolute atomic E-state index is 8.66. The molecular formula is C13H8ClN5O. The zero-order chi connectivity index (χ0) is 13.9. The van der Waals surface area contributed by atoms with Gasteiger partial charge in [0.15, 0.2) is 5.76 Å². The Kier molecular flexibility index (Phi) is 3.19. The Morgan fingerprint density at radius 1 is 1.30 bits per heavy atom. The number of nitrogens with zero attached hydrogens (tertiary/aromatic N) is 5. The minimum atomic E-state index is 0.127. The number of halogens is 1. The van der Waals surface area contributed by atoms with Gasteiger partial charge in [-0.3, -0.25) is 0 Å². The molecule has 0 amide bonds. The molecule has 2 heterocycles. The van der Waals surface area contributed by atoms with Crippen molar-refractivity contribution in [3.8, 4) is 17.3 Å². The first-order valence-electron chi connectivity index (χ1n) is 5.76. The molecule has 0 saturated heterocycles. The highest BCUT2D eigenvalue weighted by atomic mass is 35.5. The molecule has 0 N–H and O–H groups in total. The summed E-state index contributed by atoms with van der Waals surface area (Å²) in [6, 6.07) is 11.0. The molecule has 0 spiro atoms. The van der Waals surface area contributed by atoms with Crippen LogP contribution in [0.25, 0.3) is 11.3 Å². The number of hydrogen-bond acceptors (Lipinski definition) is 5. The van der Waals surface area contributed by atoms with Gasteiger partial charge in [-0.15, -0.1) is 5.10 Å². The fourth-order valence-corrected chi connectivity index (χ4v) is 1.85. The summed E-state index contributed by atoms with van der Waals surface area (Å²) in [6.45, 7) is 0.370. The smallest absolute Gasteiger partial charge is 0.252 e. The van der Waals surface area contributed by atoms with E-state index >= 15 is 0 Å². The van der Waals surface area contributed by atoms with Crippen LogP contribution >= 0.6 is 11.6 Å². The number of benzene rings is 1. The van der Waals surface area contributed by atoms with Crippen molar-refractivity contribution in [1.82, 2.24) is 19.9 Å². The zero-order valence-corrected chi connectivity index (χ0v) is 10.9. The standard InChI is InChI=1S/C13H8ClN5O/c14-10-3-1-9(2-4-10)12-5-11(20-18-12)7-19-8-16-13(6-15)17-19/h1-5,8H,7H2. The third kappa shape index (κ3) is 2.53. The zero-order valence-electron chi connectivity index (χ0n) is 10.2. The summed E-state index contributed by atoms with van der Waals surface area (Å²) in [5.74, 6) is 0.756. The number of nitriles is 1. The van der Waals surface area contributed by atoms with Gasteiger partial charge in [-0.05, 0) is 12.1 Å². The summed E-state index contributed by atoms with van der Waals surface area (Å²) in [7, 11) is 0. The van der Waals surface area contributed by atoms with Gasteiger partial charge in [0, 0.05) is 16.7 Å². The van der Waals surface area contributed by atoms with Crippen molar-refractivity contribution in [3.63, 3.8) is 0 Å². The minimum absolute atomic E-state index is 0.127. The molecule has 7 heteroatoms. The van der Waals surface area contributed by atoms with E-state index in [1.165, 1.54) is 11.0 Å². The summed E-state index contributed by atoms with van der Waals surface area (Å²) in [4.78, 5) is 3.82. The van der Waals surface area contributed by atoms with Gasteiger partial charge >= 0.3 is 0 Å². The van der Waals surface area contributed by atoms with Gasteiger partial charge in [-0.1, -0.05) is 28.9 Å². The van der Waals surface area contributed by atoms with Crippen molar-refractivity contribution < 1.29 is 4.52 Å². The molecule has 1 aromatic carbocycles. The third-order valence-electron chi connectivity index (χ3n) is 2.65. The monoisotopic (exact) mass is 285 g/mol. The molecule has 6 nitrogen and oxygen atoms in total. The van der Waals surface area contributed by atoms with Crippen LogP contribution in [0.5, 0.6) is 0 Å². The van der Waals surface area contributed by atoms with E-state index in [4.69, 9.17) is 21.4 Å². The van der Waals surface area contributed by atoms with Crippen LogP contribution in [0, 0.1) is 11.3 Å². The highest BCUT2D eigenvalue weighted by molar-refractivity contribution is 6.30. The predicted molar refractivity (Wildman–Crippen MR) is 70.8 cm³/mol. The molecule has 3 aromatic rings. The molecule has 0 aliphatic rings. The third-order valence-corrected chi connectivity index (χ3v) is 2.91. The second kappa shape index (κ2) is 5.15. The SMILES string of the molecule is N#Cc1ncn(Cc2cc(-c3ccc(Cl)cc3)no2)n1. The molecule has 98 valence electrons. The van der Waals surface area contributed by atoms with Crippen molar-refractivity contribution in [2.24, 2.45) is 0 Å². The Labute approximate surface area is 119 Å². The van der Waals surface area contributed by atoms with Crippen molar-refractivity contribution in [1.29, 1.82) is 5.26 Å². The molecule has 2 aromatic heterocycles. The van der Waals surface area contributed by atoms with Crippen LogP contribution in [0.1, 0.15) is 11.6 Å². The van der Waals surface area contributed by atoms with Crippen molar-refractivity contribution in [3.05, 3.63) is 53.3 Å². The summed E-state index contributed by atoms with van der Waals surface area (Å²) >= 11 is 5.84. The van der Waals surface area contributed by atoms with Crippen LogP contribution in [0.3, 0.4) is 0 Å². The van der Waals surface area contributed by atoms with Gasteiger partial charge in [-0.2, -0.15) is 5.26 Å². The summed E-state index contributed by atoms with van der Waals surface area (Å²) in [5.41, 5.74) is 1.64. The van der Waals surface area contributed by atoms with E-state index in [0.29, 0.717) is 17.3 Å². The number of hydrogen-bond donors (Lipinski definition) is 0. The first kappa shape index (κ1) is 12.4. The second-order valence-electron chi connectivity index (χ2n) is 4.06. The Hall–Kier alpha value is -2.65. The Bertz CT molecular complexity index is 769. The molecule has 3 rings (SSSR count). The van der Waals surface area contributed by atoms with E-state index in [9.17, 15) is 0 Å². The number of rotatable bonds is 3. The predicted octanol–water partition coefficient (Wildman–Crippen LogP) is 2.51. The van der Waals surface area contributed by atoms with Crippen LogP contribution in [-0.4, -0.2) is 19.9 Å². The van der Waals surface area contributed by atoms with Gasteiger partial charge in [0.05, 0.1) is 0 Å². The summed E-state index contributed by atoms with van der Waals surface area (Å²) in [5, 5.41) is 17.3. The molecular weight excluding hydrogens is 278 g/mol. The quantitative estimate of drug-likeness (QED) is 0.738. The van der Waals surface area contributed by atoms with Gasteiger partial charge in [0.1, 0.15) is 24.6 Å². The van der Waals surface area contributed by atoms with Crippen LogP contribution in [0.15, 0.2) is 41.2 Å². The second-order valence-corrected chi connectivity index (χ2v) is 4.50. The Morgan fingerprint density at radius 3 is 2.80 bits per heavy atom. The molecule has 0 radical (unpaired) electrons. The first-order valence-corrected chi connectivity index (χ1v) is 6.13. The maximum Gasteiger partial charge on any atom is 0.252 e. The first-order chi connectivity index (χ1) is 9.74. The highest BCUT2D eigenvalue weighted by Gasteiger charge is 2.08. The van der Waals surface area contributed by atoms with Crippen molar-refractivity contribution >= 4 is 11.6 Å². The molecule has 20 heavy (non-hydrogen) atoms. The fourth-order valence-electron chi connectivity index (χ4n) is 1.73. The molecule has 0 aliphatic heterocycles. The lowest BCUT2D eigenvalue weighted by molar-refractivity contribution is 0.373. The van der Waals surface area contributed by atoms with Gasteiger partial charge in [0.25, 0.3) is 5.82 Å². The van der Waals surface area contributed by atoms with E-state index < -0.39 is 0 Å². The molecule has 0 saturated carbocycles. The topological polar surface area (TPSA) is 80.5 Å². The highest BCUT2D eigenvalue weighted by Crippen LogP contribution is 2.21. The van der Waals surface area contributed by atoms with Crippen molar-refractivity contribution in [2.45, 2.75) is 6.54 Å². The van der Waals surface area contributed by atoms with Gasteiger partial charge in [0.2, 0.25) is 0 Å². The van der Waals surface area contributed by atoms with E-state index in [1.807, 2.05) is 24.3 Å². The Morgan fingerprint density at radius 2 is 2.10 bits per heavy atom. The van der Waals surface area contributed by atoms with Crippen LogP contribution < -0.4 is 0 Å². The average molecular weight is 286 g/mol. The van der Waals surface area contributed by atoms with E-state index in [0.717, 1.165) is 11.3 Å². The molecule has 0 fully saturated rings. The van der Waals surface area contributed by atoms with Crippen LogP contribution in [0.4, 0.5) is 0 Å². The lowest BCUT2D eigenvalue weighted by Crippen LogP contribution is -1.99. The average Bonchev–Trinajstić information content (AvgIpc) is 3.09. The molecule has 0 bridgehead atoms. The van der Waals surface area contributed by atoms with Gasteiger partial charge in [-0.25, -0.2) is 9.67 Å². The number of aromatic nitrogens is 4. The van der Waals surface area contributed by atoms with Gasteiger partial charge < -0.3 is 4.52 Å². The fraction of sp³-hybridized carbons (Fsp3) is 0.0769. The lowest BCUT2D eigenvalue weighted by atomic mass is 10.1. The molecule has 0 aliphatic carbocycles. The summed E-state index contributed by atoms with van der Waals surface area (Å²) < 4.78 is 6.76. The van der Waals surface area contributed by atoms with Crippen LogP contribution in [0.2, 0.25) is 5.02 Å². The molecule has 0 atom stereocenters. The lowest BCUT2D eigenvalue weighted by Gasteiger charge is -1.94. The van der Waals surface area contributed by atoms with E-state index in [2.05, 4.69) is 15.2 Å². The minimum Gasteiger partial charge on any atom is -0.359 e. The maximum atomic E-state index is 8.66. The van der Waals surface area contributed by atoms with E-state index in [-0.39, 0.29) is 5.82 Å². The Balaban J connectivity index is 1.80. The van der Waals surface area contributed by atoms with E-state index in [1.54, 1.807) is 12.1 Å². The summed E-state index contributed by atoms with van der Waals surface area (Å²) in [6.07, 6.45) is 1.48. The molecule has 0 unspecified atom stereocenters. The van der Waals surface area contributed by atoms with Crippen molar-refractivity contribution in [2.75, 3.05) is 0 Å². The normalized spacial score (nSPS) is 10.4. The largest absolute Gasteiger partial charge is 0.359 e. The van der Waals surface area contributed by atoms with Crippen LogP contribution in [-0.2, 0) is 6.54 Å².